The third kappa shape index (κ3) is 6.06. The molecule has 1 aliphatic rings. The number of benzene rings is 2. The van der Waals surface area contributed by atoms with Crippen LogP contribution in [0.2, 0.25) is 5.02 Å². The van der Waals surface area contributed by atoms with Crippen LogP contribution in [0.1, 0.15) is 18.9 Å². The highest BCUT2D eigenvalue weighted by molar-refractivity contribution is 6.30. The van der Waals surface area contributed by atoms with Gasteiger partial charge in [-0.05, 0) is 61.4 Å². The molecule has 0 unspecified atom stereocenters. The summed E-state index contributed by atoms with van der Waals surface area (Å²) in [7, 11) is 0. The molecule has 1 saturated heterocycles. The molecule has 2 aromatic carbocycles. The number of nitrogens with one attached hydrogen (secondary N) is 2. The third-order valence-electron chi connectivity index (χ3n) is 5.71. The van der Waals surface area contributed by atoms with Crippen LogP contribution in [0.3, 0.4) is 0 Å². The van der Waals surface area contributed by atoms with Crippen molar-refractivity contribution in [3.63, 3.8) is 0 Å². The average Bonchev–Trinajstić information content (AvgIpc) is 3.43. The summed E-state index contributed by atoms with van der Waals surface area (Å²) in [5, 5.41) is 10.8. The maximum atomic E-state index is 14.5. The van der Waals surface area contributed by atoms with Crippen molar-refractivity contribution in [1.29, 1.82) is 0 Å². The van der Waals surface area contributed by atoms with E-state index in [9.17, 15) is 22.4 Å². The Labute approximate surface area is 209 Å². The van der Waals surface area contributed by atoms with Gasteiger partial charge in [-0.1, -0.05) is 18.2 Å². The van der Waals surface area contributed by atoms with Crippen molar-refractivity contribution < 1.29 is 27.1 Å². The van der Waals surface area contributed by atoms with E-state index in [1.54, 1.807) is 30.3 Å². The molecular weight excluding hydrogens is 500 g/mol. The Balaban J connectivity index is 1.67. The fourth-order valence-corrected chi connectivity index (χ4v) is 3.87. The summed E-state index contributed by atoms with van der Waals surface area (Å²) >= 11 is 6.01. The Bertz CT molecular complexity index is 1270. The maximum absolute atomic E-state index is 14.5. The van der Waals surface area contributed by atoms with Gasteiger partial charge in [0.15, 0.2) is 11.9 Å². The molecule has 1 aliphatic heterocycles. The molecular formula is C25H23ClF4N4O2. The van der Waals surface area contributed by atoms with Gasteiger partial charge in [-0.3, -0.25) is 4.79 Å². The summed E-state index contributed by atoms with van der Waals surface area (Å²) in [6.45, 7) is 4.73. The van der Waals surface area contributed by atoms with E-state index in [4.69, 9.17) is 16.3 Å². The second-order valence-corrected chi connectivity index (χ2v) is 8.96. The van der Waals surface area contributed by atoms with E-state index in [-0.39, 0.29) is 23.2 Å². The molecule has 0 radical (unpaired) electrons. The van der Waals surface area contributed by atoms with Crippen LogP contribution in [0.25, 0.3) is 16.9 Å². The lowest BCUT2D eigenvalue weighted by Crippen LogP contribution is -2.28. The van der Waals surface area contributed by atoms with E-state index in [0.29, 0.717) is 34.9 Å². The first-order chi connectivity index (χ1) is 17.0. The summed E-state index contributed by atoms with van der Waals surface area (Å²) in [6, 6.07) is 12.1. The Morgan fingerprint density at radius 1 is 1.28 bits per heavy atom. The largest absolute Gasteiger partial charge is 0.414 e. The Kier molecular flexibility index (Phi) is 7.37. The minimum atomic E-state index is -4.53. The zero-order valence-electron chi connectivity index (χ0n) is 19.2. The number of amides is 1. The number of allylic oxidation sites excluding steroid dienone is 1. The number of halogens is 5. The average molecular weight is 523 g/mol. The van der Waals surface area contributed by atoms with E-state index in [1.807, 2.05) is 0 Å². The molecule has 2 heterocycles. The number of hydrogen-bond donors (Lipinski definition) is 2. The lowest BCUT2D eigenvalue weighted by Gasteiger charge is -2.16. The molecule has 0 spiro atoms. The van der Waals surface area contributed by atoms with Crippen molar-refractivity contribution in [3.8, 4) is 16.9 Å². The quantitative estimate of drug-likeness (QED) is 0.381. The van der Waals surface area contributed by atoms with Crippen LogP contribution in [0.4, 0.5) is 23.4 Å². The molecule has 3 aromatic rings. The van der Waals surface area contributed by atoms with E-state index < -0.39 is 24.7 Å². The van der Waals surface area contributed by atoms with Gasteiger partial charge in [0.2, 0.25) is 5.91 Å². The van der Waals surface area contributed by atoms with Crippen LogP contribution in [0.15, 0.2) is 60.8 Å². The maximum Gasteiger partial charge on any atom is 0.414 e. The molecule has 0 saturated carbocycles. The Hall–Kier alpha value is -3.37. The number of carbonyl (C=O) groups excluding carboxylic acids is 1. The number of alkyl halides is 3. The minimum Gasteiger partial charge on any atom is -0.388 e. The van der Waals surface area contributed by atoms with Crippen molar-refractivity contribution in [1.82, 2.24) is 15.1 Å². The minimum absolute atomic E-state index is 0.214. The molecule has 1 aromatic heterocycles. The van der Waals surface area contributed by atoms with Crippen LogP contribution in [-0.4, -0.2) is 34.5 Å². The van der Waals surface area contributed by atoms with Gasteiger partial charge < -0.3 is 15.4 Å². The van der Waals surface area contributed by atoms with Crippen LogP contribution in [0, 0.1) is 11.7 Å². The first-order valence-electron chi connectivity index (χ1n) is 11.1. The number of aromatic nitrogens is 2. The fourth-order valence-electron chi connectivity index (χ4n) is 3.75. The van der Waals surface area contributed by atoms with Crippen LogP contribution in [0.5, 0.6) is 0 Å². The topological polar surface area (TPSA) is 68.2 Å². The van der Waals surface area contributed by atoms with Crippen LogP contribution in [-0.2, 0) is 16.1 Å². The summed E-state index contributed by atoms with van der Waals surface area (Å²) in [5.74, 6) is -0.982. The molecule has 1 amide bonds. The highest BCUT2D eigenvalue weighted by atomic mass is 35.5. The number of hydrogen-bond acceptors (Lipinski definition) is 4. The lowest BCUT2D eigenvalue weighted by atomic mass is 10.1. The van der Waals surface area contributed by atoms with Gasteiger partial charge in [0.1, 0.15) is 5.82 Å². The highest BCUT2D eigenvalue weighted by Gasteiger charge is 2.36. The lowest BCUT2D eigenvalue weighted by molar-refractivity contribution is -0.217. The fraction of sp³-hybridized carbons (Fsp3) is 0.280. The molecule has 4 rings (SSSR count). The number of nitrogens with zero attached hydrogens (tertiary/aromatic N) is 2. The second-order valence-electron chi connectivity index (χ2n) is 8.52. The molecule has 0 bridgehead atoms. The van der Waals surface area contributed by atoms with Crippen LogP contribution < -0.4 is 10.6 Å². The van der Waals surface area contributed by atoms with Crippen molar-refractivity contribution in [2.24, 2.45) is 5.92 Å². The number of rotatable bonds is 7. The molecule has 2 N–H and O–H groups in total. The first kappa shape index (κ1) is 25.7. The molecule has 190 valence electrons. The predicted molar refractivity (Wildman–Crippen MR) is 128 cm³/mol. The summed E-state index contributed by atoms with van der Waals surface area (Å²) < 4.78 is 59.4. The monoisotopic (exact) mass is 522 g/mol. The molecule has 1 fully saturated rings. The summed E-state index contributed by atoms with van der Waals surface area (Å²) in [6.07, 6.45) is -6.04. The number of ether oxygens (including phenoxy) is 1. The second kappa shape index (κ2) is 10.3. The van der Waals surface area contributed by atoms with Gasteiger partial charge >= 0.3 is 6.18 Å². The van der Waals surface area contributed by atoms with Crippen LogP contribution >= 0.6 is 11.6 Å². The van der Waals surface area contributed by atoms with Crippen molar-refractivity contribution in [2.45, 2.75) is 32.2 Å². The van der Waals surface area contributed by atoms with Gasteiger partial charge in [-0.15, -0.1) is 5.10 Å². The van der Waals surface area contributed by atoms with Gasteiger partial charge in [0.25, 0.3) is 0 Å². The molecule has 2 atom stereocenters. The zero-order chi connectivity index (χ0) is 26.0. The van der Waals surface area contributed by atoms with E-state index in [0.717, 1.165) is 18.7 Å². The third-order valence-corrected chi connectivity index (χ3v) is 5.96. The normalized spacial score (nSPS) is 16.6. The molecule has 0 aliphatic carbocycles. The molecule has 6 nitrogen and oxygen atoms in total. The van der Waals surface area contributed by atoms with Crippen molar-refractivity contribution in [3.05, 3.63) is 77.2 Å². The number of anilines is 1. The SMILES string of the molecule is C=C1C[C@H](C(=O)Nc2cc(-c3cc(F)cc(CO[C@H](C)C(F)(F)F)c3)n(-c3ccc(Cl)cc3)n2)CN1. The highest BCUT2D eigenvalue weighted by Crippen LogP contribution is 2.30. The number of carbonyl (C=O) groups is 1. The summed E-state index contributed by atoms with van der Waals surface area (Å²) in [4.78, 5) is 12.7. The van der Waals surface area contributed by atoms with Gasteiger partial charge in [0, 0.05) is 28.9 Å². The van der Waals surface area contributed by atoms with E-state index >= 15 is 0 Å². The molecule has 11 heteroatoms. The zero-order valence-corrected chi connectivity index (χ0v) is 20.0. The van der Waals surface area contributed by atoms with E-state index in [1.165, 1.54) is 16.8 Å². The smallest absolute Gasteiger partial charge is 0.388 e. The van der Waals surface area contributed by atoms with Gasteiger partial charge in [0.05, 0.1) is 23.9 Å². The predicted octanol–water partition coefficient (Wildman–Crippen LogP) is 5.86. The van der Waals surface area contributed by atoms with Gasteiger partial charge in [-0.2, -0.15) is 13.2 Å². The van der Waals surface area contributed by atoms with Crippen molar-refractivity contribution >= 4 is 23.3 Å². The van der Waals surface area contributed by atoms with E-state index in [2.05, 4.69) is 22.3 Å². The van der Waals surface area contributed by atoms with Crippen molar-refractivity contribution in [2.75, 3.05) is 11.9 Å². The Morgan fingerprint density at radius 2 is 2.00 bits per heavy atom. The summed E-state index contributed by atoms with van der Waals surface area (Å²) in [5.41, 5.74) is 2.32. The standard InChI is InChI=1S/C25H23ClF4N4O2/c1-14-7-18(12-31-14)24(35)32-23-11-22(34(33-23)21-5-3-19(26)4-6-21)17-8-16(9-20(27)10-17)13-36-15(2)25(28,29)30/h3-6,8-11,15,18,31H,1,7,12-13H2,2H3,(H,32,33,35)/t15-,18+/m1/s1. The first-order valence-corrected chi connectivity index (χ1v) is 11.4. The van der Waals surface area contributed by atoms with Gasteiger partial charge in [-0.25, -0.2) is 9.07 Å². The molecule has 36 heavy (non-hydrogen) atoms. The Morgan fingerprint density at radius 3 is 2.64 bits per heavy atom.